The van der Waals surface area contributed by atoms with E-state index in [0.717, 1.165) is 63.0 Å². The molecule has 0 unspecified atom stereocenters. The van der Waals surface area contributed by atoms with E-state index in [0.29, 0.717) is 0 Å². The molecule has 0 aliphatic carbocycles. The Morgan fingerprint density at radius 2 is 1.96 bits per heavy atom. The van der Waals surface area contributed by atoms with E-state index in [1.54, 1.807) is 6.20 Å². The van der Waals surface area contributed by atoms with Crippen molar-refractivity contribution >= 4 is 29.6 Å². The van der Waals surface area contributed by atoms with Crippen molar-refractivity contribution in [2.75, 3.05) is 42.9 Å². The maximum absolute atomic E-state index is 4.52. The Morgan fingerprint density at radius 3 is 2.81 bits per heavy atom. The number of aryl methyl sites for hydroxylation is 1. The van der Waals surface area contributed by atoms with E-state index in [9.17, 15) is 0 Å². The number of fused-ring (bicyclic) bond motifs is 2. The summed E-state index contributed by atoms with van der Waals surface area (Å²) in [4.78, 5) is 13.7. The van der Waals surface area contributed by atoms with Crippen LogP contribution in [0.5, 0.6) is 0 Å². The SMILES string of the molecule is Cc1nc2cncc(N3CCN(Cc4cccc5c4NCC5)CC3)n2n1.Cl. The first kappa shape index (κ1) is 18.0. The van der Waals surface area contributed by atoms with Crippen LogP contribution in [0.2, 0.25) is 0 Å². The largest absolute Gasteiger partial charge is 0.384 e. The van der Waals surface area contributed by atoms with Crippen molar-refractivity contribution < 1.29 is 0 Å². The number of hydrogen-bond donors (Lipinski definition) is 1. The number of anilines is 2. The topological polar surface area (TPSA) is 61.6 Å². The molecule has 2 aliphatic rings. The first-order valence-electron chi connectivity index (χ1n) is 9.27. The van der Waals surface area contributed by atoms with Gasteiger partial charge in [-0.3, -0.25) is 9.88 Å². The molecule has 1 fully saturated rings. The molecule has 0 spiro atoms. The standard InChI is InChI=1S/C19H23N7.ClH/c1-14-22-17-11-20-12-18(26(17)23-14)25-9-7-24(8-10-25)13-16-4-2-3-15-5-6-21-19(15)16;/h2-4,11-12,21H,5-10,13H2,1H3;1H. The molecule has 8 heteroatoms. The fourth-order valence-corrected chi connectivity index (χ4v) is 4.04. The zero-order valence-electron chi connectivity index (χ0n) is 15.4. The number of nitrogens with zero attached hydrogens (tertiary/aromatic N) is 6. The summed E-state index contributed by atoms with van der Waals surface area (Å²) >= 11 is 0. The highest BCUT2D eigenvalue weighted by Crippen LogP contribution is 2.28. The fraction of sp³-hybridized carbons (Fsp3) is 0.421. The smallest absolute Gasteiger partial charge is 0.176 e. The predicted molar refractivity (Wildman–Crippen MR) is 109 cm³/mol. The number of rotatable bonds is 3. The van der Waals surface area contributed by atoms with Crippen molar-refractivity contribution in [1.29, 1.82) is 0 Å². The summed E-state index contributed by atoms with van der Waals surface area (Å²) < 4.78 is 1.91. The molecule has 7 nitrogen and oxygen atoms in total. The highest BCUT2D eigenvalue weighted by Gasteiger charge is 2.22. The van der Waals surface area contributed by atoms with Crippen molar-refractivity contribution in [2.45, 2.75) is 19.9 Å². The van der Waals surface area contributed by atoms with Crippen molar-refractivity contribution in [3.63, 3.8) is 0 Å². The van der Waals surface area contributed by atoms with E-state index in [2.05, 4.69) is 48.4 Å². The van der Waals surface area contributed by atoms with E-state index >= 15 is 0 Å². The Hall–Kier alpha value is -2.38. The van der Waals surface area contributed by atoms with Crippen LogP contribution in [0.25, 0.3) is 5.65 Å². The highest BCUT2D eigenvalue weighted by molar-refractivity contribution is 5.85. The molecule has 1 N–H and O–H groups in total. The molecule has 0 atom stereocenters. The first-order chi connectivity index (χ1) is 12.8. The summed E-state index contributed by atoms with van der Waals surface area (Å²) in [6, 6.07) is 6.69. The maximum atomic E-state index is 4.52. The minimum absolute atomic E-state index is 0. The third kappa shape index (κ3) is 3.33. The molecule has 0 saturated carbocycles. The van der Waals surface area contributed by atoms with E-state index in [-0.39, 0.29) is 12.4 Å². The molecule has 1 aromatic carbocycles. The van der Waals surface area contributed by atoms with Gasteiger partial charge in [-0.1, -0.05) is 18.2 Å². The van der Waals surface area contributed by atoms with Crippen LogP contribution in [0, 0.1) is 6.92 Å². The maximum Gasteiger partial charge on any atom is 0.176 e. The van der Waals surface area contributed by atoms with Gasteiger partial charge < -0.3 is 10.2 Å². The Labute approximate surface area is 164 Å². The summed E-state index contributed by atoms with van der Waals surface area (Å²) in [7, 11) is 0. The molecular formula is C19H24ClN7. The predicted octanol–water partition coefficient (Wildman–Crippen LogP) is 2.14. The number of piperazine rings is 1. The van der Waals surface area contributed by atoms with Gasteiger partial charge in [0.15, 0.2) is 11.5 Å². The minimum Gasteiger partial charge on any atom is -0.384 e. The molecule has 5 rings (SSSR count). The third-order valence-corrected chi connectivity index (χ3v) is 5.36. The lowest BCUT2D eigenvalue weighted by molar-refractivity contribution is 0.249. The second-order valence-corrected chi connectivity index (χ2v) is 7.09. The average molecular weight is 386 g/mol. The van der Waals surface area contributed by atoms with Gasteiger partial charge >= 0.3 is 0 Å². The molecular weight excluding hydrogens is 362 g/mol. The molecule has 0 radical (unpaired) electrons. The monoisotopic (exact) mass is 385 g/mol. The summed E-state index contributed by atoms with van der Waals surface area (Å²) in [5.41, 5.74) is 5.06. The fourth-order valence-electron chi connectivity index (χ4n) is 4.04. The lowest BCUT2D eigenvalue weighted by Crippen LogP contribution is -2.46. The summed E-state index contributed by atoms with van der Waals surface area (Å²) in [6.07, 6.45) is 4.80. The van der Waals surface area contributed by atoms with Gasteiger partial charge in [0.2, 0.25) is 0 Å². The highest BCUT2D eigenvalue weighted by atomic mass is 35.5. The number of nitrogens with one attached hydrogen (secondary N) is 1. The van der Waals surface area contributed by atoms with Gasteiger partial charge in [0.1, 0.15) is 5.82 Å². The zero-order valence-corrected chi connectivity index (χ0v) is 16.2. The summed E-state index contributed by atoms with van der Waals surface area (Å²) in [5.74, 6) is 1.81. The summed E-state index contributed by atoms with van der Waals surface area (Å²) in [6.45, 7) is 8.01. The van der Waals surface area contributed by atoms with Crippen LogP contribution in [0.4, 0.5) is 11.5 Å². The Kier molecular flexibility index (Phi) is 4.88. The van der Waals surface area contributed by atoms with Crippen LogP contribution in [0.15, 0.2) is 30.6 Å². The molecule has 2 aromatic heterocycles. The Balaban J connectivity index is 0.00000180. The quantitative estimate of drug-likeness (QED) is 0.745. The van der Waals surface area contributed by atoms with Crippen LogP contribution in [-0.2, 0) is 13.0 Å². The molecule has 2 aliphatic heterocycles. The third-order valence-electron chi connectivity index (χ3n) is 5.36. The van der Waals surface area contributed by atoms with E-state index < -0.39 is 0 Å². The van der Waals surface area contributed by atoms with Crippen LogP contribution in [0.3, 0.4) is 0 Å². The number of halogens is 1. The minimum atomic E-state index is 0. The first-order valence-corrected chi connectivity index (χ1v) is 9.27. The second kappa shape index (κ2) is 7.32. The lowest BCUT2D eigenvalue weighted by Gasteiger charge is -2.36. The normalized spacial score (nSPS) is 16.9. The van der Waals surface area contributed by atoms with Crippen molar-refractivity contribution in [3.8, 4) is 0 Å². The van der Waals surface area contributed by atoms with Crippen molar-refractivity contribution in [3.05, 3.63) is 47.5 Å². The van der Waals surface area contributed by atoms with E-state index in [1.807, 2.05) is 17.6 Å². The van der Waals surface area contributed by atoms with Gasteiger partial charge in [0.05, 0.1) is 12.4 Å². The van der Waals surface area contributed by atoms with Gasteiger partial charge in [-0.05, 0) is 24.5 Å². The Morgan fingerprint density at radius 1 is 1.11 bits per heavy atom. The molecule has 142 valence electrons. The van der Waals surface area contributed by atoms with Gasteiger partial charge in [-0.15, -0.1) is 17.5 Å². The molecule has 0 bridgehead atoms. The van der Waals surface area contributed by atoms with E-state index in [1.165, 1.54) is 16.8 Å². The van der Waals surface area contributed by atoms with Gasteiger partial charge in [-0.25, -0.2) is 4.98 Å². The van der Waals surface area contributed by atoms with E-state index in [4.69, 9.17) is 0 Å². The van der Waals surface area contributed by atoms with Crippen LogP contribution in [-0.4, -0.2) is 57.2 Å². The summed E-state index contributed by atoms with van der Waals surface area (Å²) in [5, 5.41) is 8.07. The number of hydrogen-bond acceptors (Lipinski definition) is 6. The molecule has 0 amide bonds. The number of para-hydroxylation sites is 1. The molecule has 4 heterocycles. The van der Waals surface area contributed by atoms with Crippen LogP contribution >= 0.6 is 12.4 Å². The van der Waals surface area contributed by atoms with Gasteiger partial charge in [0, 0.05) is 45.0 Å². The zero-order chi connectivity index (χ0) is 17.5. The number of aromatic nitrogens is 4. The molecule has 1 saturated heterocycles. The van der Waals surface area contributed by atoms with Crippen molar-refractivity contribution in [2.24, 2.45) is 0 Å². The van der Waals surface area contributed by atoms with Gasteiger partial charge in [-0.2, -0.15) is 4.52 Å². The average Bonchev–Trinajstić information content (AvgIpc) is 3.28. The lowest BCUT2D eigenvalue weighted by atomic mass is 10.1. The Bertz CT molecular complexity index is 946. The molecule has 27 heavy (non-hydrogen) atoms. The van der Waals surface area contributed by atoms with Crippen molar-refractivity contribution in [1.82, 2.24) is 24.5 Å². The molecule has 3 aromatic rings. The van der Waals surface area contributed by atoms with Gasteiger partial charge in [0.25, 0.3) is 0 Å². The second-order valence-electron chi connectivity index (χ2n) is 7.09. The van der Waals surface area contributed by atoms with Crippen LogP contribution < -0.4 is 10.2 Å². The number of benzene rings is 1. The van der Waals surface area contributed by atoms with Crippen LogP contribution in [0.1, 0.15) is 17.0 Å².